The highest BCUT2D eigenvalue weighted by Gasteiger charge is 2.46. The third-order valence-corrected chi connectivity index (χ3v) is 17.4. The highest BCUT2D eigenvalue weighted by molar-refractivity contribution is 6.74. The standard InChI is InChI=1S/C32H59NO6Si2/c1-17-36-26(34)21-20-23(2)27(38-40(13,14)31(7,8)9)24(3)28(39-41(15,16)32(10,11)12)25-19-18-22-33(25)29(35)37-30(4,5)6/h18-24,27-28H,17H2,1-16H3/b21-20+/t23-,24+,27+,28-/m0/s1. The summed E-state index contributed by atoms with van der Waals surface area (Å²) in [4.78, 5) is 25.6. The van der Waals surface area contributed by atoms with Crippen molar-refractivity contribution in [2.45, 2.75) is 137 Å². The molecule has 0 N–H and O–H groups in total. The molecule has 236 valence electrons. The second-order valence-corrected chi connectivity index (χ2v) is 24.8. The van der Waals surface area contributed by atoms with Crippen molar-refractivity contribution in [2.75, 3.05) is 6.61 Å². The van der Waals surface area contributed by atoms with Crippen molar-refractivity contribution in [2.24, 2.45) is 11.8 Å². The van der Waals surface area contributed by atoms with E-state index in [1.807, 2.05) is 39.0 Å². The SMILES string of the molecule is CCOC(=O)/C=C/[C@H](C)[C@@H](O[Si](C)(C)C(C)(C)C)[C@@H](C)[C@H](O[Si](C)(C)C(C)(C)C)c1cccn1C(=O)OC(C)(C)C. The lowest BCUT2D eigenvalue weighted by molar-refractivity contribution is -0.137. The molecule has 0 aliphatic rings. The number of carbonyl (C=O) groups excluding carboxylic acids is 2. The Labute approximate surface area is 252 Å². The molecule has 0 radical (unpaired) electrons. The molecule has 0 aliphatic carbocycles. The van der Waals surface area contributed by atoms with E-state index in [1.54, 1.807) is 17.7 Å². The molecule has 0 saturated heterocycles. The summed E-state index contributed by atoms with van der Waals surface area (Å²) in [5, 5.41) is -0.0818. The van der Waals surface area contributed by atoms with Gasteiger partial charge in [0, 0.05) is 18.2 Å². The average Bonchev–Trinajstić information content (AvgIpc) is 3.26. The largest absolute Gasteiger partial charge is 0.463 e. The smallest absolute Gasteiger partial charge is 0.418 e. The number of nitrogens with zero attached hydrogens (tertiary/aromatic N) is 1. The number of esters is 1. The zero-order valence-corrected chi connectivity index (χ0v) is 30.8. The minimum Gasteiger partial charge on any atom is -0.463 e. The Morgan fingerprint density at radius 1 is 0.902 bits per heavy atom. The summed E-state index contributed by atoms with van der Waals surface area (Å²) in [7, 11) is -4.57. The zero-order valence-electron chi connectivity index (χ0n) is 28.8. The van der Waals surface area contributed by atoms with Crippen LogP contribution < -0.4 is 0 Å². The lowest BCUT2D eigenvalue weighted by Crippen LogP contribution is -2.50. The molecular formula is C32H59NO6Si2. The summed E-state index contributed by atoms with van der Waals surface area (Å²) in [6.45, 7) is 34.1. The van der Waals surface area contributed by atoms with Crippen LogP contribution in [0, 0.1) is 11.8 Å². The number of hydrogen-bond acceptors (Lipinski definition) is 6. The molecule has 0 unspecified atom stereocenters. The molecule has 7 nitrogen and oxygen atoms in total. The molecule has 1 aromatic heterocycles. The van der Waals surface area contributed by atoms with Crippen LogP contribution in [-0.4, -0.2) is 51.6 Å². The second kappa shape index (κ2) is 13.7. The Hall–Kier alpha value is -1.69. The van der Waals surface area contributed by atoms with Crippen molar-refractivity contribution < 1.29 is 27.9 Å². The van der Waals surface area contributed by atoms with Crippen molar-refractivity contribution in [1.29, 1.82) is 0 Å². The molecule has 0 aliphatic heterocycles. The first-order valence-corrected chi connectivity index (χ1v) is 20.8. The Balaban J connectivity index is 3.78. The molecule has 1 heterocycles. The van der Waals surface area contributed by atoms with Gasteiger partial charge in [0.1, 0.15) is 5.60 Å². The molecule has 41 heavy (non-hydrogen) atoms. The Morgan fingerprint density at radius 2 is 1.41 bits per heavy atom. The minimum absolute atomic E-state index is 0.0257. The third-order valence-electron chi connectivity index (χ3n) is 8.46. The molecule has 0 spiro atoms. The minimum atomic E-state index is -2.32. The lowest BCUT2D eigenvalue weighted by atomic mass is 9.87. The third kappa shape index (κ3) is 10.5. The summed E-state index contributed by atoms with van der Waals surface area (Å²) < 4.78 is 26.8. The van der Waals surface area contributed by atoms with Crippen LogP contribution in [0.15, 0.2) is 30.5 Å². The van der Waals surface area contributed by atoms with Gasteiger partial charge in [-0.25, -0.2) is 9.59 Å². The first-order valence-electron chi connectivity index (χ1n) is 15.0. The predicted octanol–water partition coefficient (Wildman–Crippen LogP) is 9.12. The van der Waals surface area contributed by atoms with Crippen LogP contribution in [0.1, 0.15) is 94.9 Å². The Kier molecular flexibility index (Phi) is 12.5. The number of rotatable bonds is 11. The van der Waals surface area contributed by atoms with Crippen LogP contribution in [0.4, 0.5) is 4.79 Å². The van der Waals surface area contributed by atoms with E-state index in [2.05, 4.69) is 81.6 Å². The molecule has 1 rings (SSSR count). The van der Waals surface area contributed by atoms with Gasteiger partial charge in [-0.3, -0.25) is 4.57 Å². The maximum Gasteiger partial charge on any atom is 0.418 e. The fraction of sp³-hybridized carbons (Fsp3) is 0.750. The monoisotopic (exact) mass is 609 g/mol. The van der Waals surface area contributed by atoms with Gasteiger partial charge in [0.15, 0.2) is 16.6 Å². The van der Waals surface area contributed by atoms with E-state index in [9.17, 15) is 9.59 Å². The van der Waals surface area contributed by atoms with Crippen molar-refractivity contribution in [3.05, 3.63) is 36.2 Å². The maximum absolute atomic E-state index is 13.3. The number of aromatic nitrogens is 1. The van der Waals surface area contributed by atoms with Gasteiger partial charge in [0.05, 0.1) is 24.5 Å². The van der Waals surface area contributed by atoms with Gasteiger partial charge in [-0.05, 0) is 82.0 Å². The Bertz CT molecular complexity index is 1040. The van der Waals surface area contributed by atoms with E-state index >= 15 is 0 Å². The van der Waals surface area contributed by atoms with Crippen LogP contribution in [-0.2, 0) is 23.1 Å². The highest BCUT2D eigenvalue weighted by Crippen LogP contribution is 2.45. The molecule has 1 aromatic rings. The normalized spacial score (nSPS) is 16.8. The molecular weight excluding hydrogens is 551 g/mol. The van der Waals surface area contributed by atoms with E-state index < -0.39 is 34.4 Å². The van der Waals surface area contributed by atoms with E-state index in [0.29, 0.717) is 6.61 Å². The molecule has 0 aromatic carbocycles. The molecule has 0 saturated carbocycles. The summed E-state index contributed by atoms with van der Waals surface area (Å²) in [6.07, 6.45) is 3.93. The van der Waals surface area contributed by atoms with Crippen molar-refractivity contribution in [1.82, 2.24) is 4.57 Å². The van der Waals surface area contributed by atoms with Gasteiger partial charge in [-0.2, -0.15) is 0 Å². The lowest BCUT2D eigenvalue weighted by Gasteiger charge is -2.46. The van der Waals surface area contributed by atoms with E-state index in [4.69, 9.17) is 18.3 Å². The topological polar surface area (TPSA) is 76.0 Å². The van der Waals surface area contributed by atoms with Gasteiger partial charge >= 0.3 is 12.1 Å². The number of carbonyl (C=O) groups is 2. The molecule has 0 fully saturated rings. The van der Waals surface area contributed by atoms with Crippen LogP contribution in [0.5, 0.6) is 0 Å². The quantitative estimate of drug-likeness (QED) is 0.141. The summed E-state index contributed by atoms with van der Waals surface area (Å²) in [6, 6.07) is 3.81. The van der Waals surface area contributed by atoms with Gasteiger partial charge in [0.2, 0.25) is 0 Å². The van der Waals surface area contributed by atoms with Crippen molar-refractivity contribution in [3.63, 3.8) is 0 Å². The molecule has 0 amide bonds. The second-order valence-electron chi connectivity index (χ2n) is 15.3. The fourth-order valence-electron chi connectivity index (χ4n) is 3.95. The van der Waals surface area contributed by atoms with Gasteiger partial charge in [-0.1, -0.05) is 61.5 Å². The number of ether oxygens (including phenoxy) is 2. The predicted molar refractivity (Wildman–Crippen MR) is 173 cm³/mol. The van der Waals surface area contributed by atoms with Gasteiger partial charge in [-0.15, -0.1) is 0 Å². The fourth-order valence-corrected chi connectivity index (χ4v) is 6.73. The maximum atomic E-state index is 13.3. The van der Waals surface area contributed by atoms with Gasteiger partial charge < -0.3 is 18.3 Å². The first-order chi connectivity index (χ1) is 18.3. The van der Waals surface area contributed by atoms with E-state index in [-0.39, 0.29) is 34.0 Å². The molecule has 0 bridgehead atoms. The van der Waals surface area contributed by atoms with Crippen LogP contribution in [0.25, 0.3) is 0 Å². The van der Waals surface area contributed by atoms with E-state index in [1.165, 1.54) is 6.08 Å². The number of hydrogen-bond donors (Lipinski definition) is 0. The van der Waals surface area contributed by atoms with Crippen LogP contribution in [0.2, 0.25) is 36.3 Å². The van der Waals surface area contributed by atoms with Gasteiger partial charge in [0.25, 0.3) is 0 Å². The van der Waals surface area contributed by atoms with E-state index in [0.717, 1.165) is 5.69 Å². The van der Waals surface area contributed by atoms with Crippen molar-refractivity contribution >= 4 is 28.7 Å². The Morgan fingerprint density at radius 3 is 1.88 bits per heavy atom. The van der Waals surface area contributed by atoms with Crippen LogP contribution in [0.3, 0.4) is 0 Å². The summed E-state index contributed by atoms with van der Waals surface area (Å²) in [5.74, 6) is -0.666. The average molecular weight is 610 g/mol. The zero-order chi connectivity index (χ0) is 32.2. The van der Waals surface area contributed by atoms with Crippen LogP contribution >= 0.6 is 0 Å². The van der Waals surface area contributed by atoms with Crippen molar-refractivity contribution in [3.8, 4) is 0 Å². The molecule has 4 atom stereocenters. The molecule has 9 heteroatoms. The summed E-state index contributed by atoms with van der Waals surface area (Å²) in [5.41, 5.74) is 0.0995. The first kappa shape index (κ1) is 37.3. The highest BCUT2D eigenvalue weighted by atomic mass is 28.4. The summed E-state index contributed by atoms with van der Waals surface area (Å²) >= 11 is 0.